The quantitative estimate of drug-likeness (QED) is 0.779. The molecule has 1 atom stereocenters. The standard InChI is InChI=1S/C16H24N2O3/c1-16(2,3)14-11-9-13(21-4)12(17)8-10(11)6-5-7-18(14)15(19)20/h8-9,14H,5-7,17H2,1-4H3,(H,19,20). The third-order valence-corrected chi connectivity index (χ3v) is 4.01. The lowest BCUT2D eigenvalue weighted by Crippen LogP contribution is -2.40. The van der Waals surface area contributed by atoms with Gasteiger partial charge in [-0.25, -0.2) is 4.79 Å². The minimum absolute atomic E-state index is 0.206. The molecule has 1 aliphatic rings. The summed E-state index contributed by atoms with van der Waals surface area (Å²) >= 11 is 0. The van der Waals surface area contributed by atoms with E-state index in [1.54, 1.807) is 12.0 Å². The summed E-state index contributed by atoms with van der Waals surface area (Å²) < 4.78 is 5.32. The summed E-state index contributed by atoms with van der Waals surface area (Å²) in [6.45, 7) is 6.72. The molecule has 2 rings (SSSR count). The van der Waals surface area contributed by atoms with Gasteiger partial charge >= 0.3 is 6.09 Å². The first-order valence-corrected chi connectivity index (χ1v) is 7.21. The molecule has 0 aromatic heterocycles. The summed E-state index contributed by atoms with van der Waals surface area (Å²) in [4.78, 5) is 13.2. The zero-order chi connectivity index (χ0) is 15.8. The van der Waals surface area contributed by atoms with Gasteiger partial charge in [-0.3, -0.25) is 0 Å². The van der Waals surface area contributed by atoms with E-state index in [4.69, 9.17) is 10.5 Å². The average Bonchev–Trinajstić information content (AvgIpc) is 2.55. The van der Waals surface area contributed by atoms with Crippen LogP contribution in [0.15, 0.2) is 12.1 Å². The predicted molar refractivity (Wildman–Crippen MR) is 82.7 cm³/mol. The van der Waals surface area contributed by atoms with Gasteiger partial charge in [0.1, 0.15) is 5.75 Å². The topological polar surface area (TPSA) is 75.8 Å². The van der Waals surface area contributed by atoms with Crippen molar-refractivity contribution in [2.75, 3.05) is 19.4 Å². The number of nitrogen functional groups attached to an aromatic ring is 1. The second kappa shape index (κ2) is 5.47. The molecule has 1 heterocycles. The summed E-state index contributed by atoms with van der Waals surface area (Å²) in [5, 5.41) is 9.57. The first-order chi connectivity index (χ1) is 9.75. The summed E-state index contributed by atoms with van der Waals surface area (Å²) in [5.41, 5.74) is 8.52. The van der Waals surface area contributed by atoms with Crippen molar-refractivity contribution >= 4 is 11.8 Å². The number of methoxy groups -OCH3 is 1. The molecule has 0 saturated heterocycles. The summed E-state index contributed by atoms with van der Waals surface area (Å²) in [6, 6.07) is 3.63. The first kappa shape index (κ1) is 15.5. The second-order valence-corrected chi connectivity index (χ2v) is 6.64. The van der Waals surface area contributed by atoms with Gasteiger partial charge < -0.3 is 20.5 Å². The van der Waals surface area contributed by atoms with Crippen LogP contribution in [0.1, 0.15) is 44.4 Å². The molecule has 21 heavy (non-hydrogen) atoms. The zero-order valence-corrected chi connectivity index (χ0v) is 13.1. The van der Waals surface area contributed by atoms with Crippen molar-refractivity contribution in [3.63, 3.8) is 0 Å². The predicted octanol–water partition coefficient (Wildman–Crippen LogP) is 3.29. The van der Waals surface area contributed by atoms with E-state index in [2.05, 4.69) is 20.8 Å². The number of hydrogen-bond acceptors (Lipinski definition) is 3. The van der Waals surface area contributed by atoms with Crippen molar-refractivity contribution in [1.82, 2.24) is 4.90 Å². The molecule has 0 aliphatic carbocycles. The van der Waals surface area contributed by atoms with Crippen LogP contribution in [-0.4, -0.2) is 29.8 Å². The van der Waals surface area contributed by atoms with Gasteiger partial charge in [0.2, 0.25) is 0 Å². The Hall–Kier alpha value is -1.91. The van der Waals surface area contributed by atoms with Crippen LogP contribution < -0.4 is 10.5 Å². The van der Waals surface area contributed by atoms with Crippen LogP contribution in [0.25, 0.3) is 0 Å². The Labute approximate surface area is 125 Å². The van der Waals surface area contributed by atoms with E-state index in [1.807, 2.05) is 12.1 Å². The minimum Gasteiger partial charge on any atom is -0.495 e. The van der Waals surface area contributed by atoms with Crippen LogP contribution in [0, 0.1) is 5.41 Å². The highest BCUT2D eigenvalue weighted by Crippen LogP contribution is 2.44. The van der Waals surface area contributed by atoms with Gasteiger partial charge in [-0.1, -0.05) is 20.8 Å². The minimum atomic E-state index is -0.876. The van der Waals surface area contributed by atoms with Gasteiger partial charge in [-0.05, 0) is 41.5 Å². The van der Waals surface area contributed by atoms with Gasteiger partial charge in [-0.2, -0.15) is 0 Å². The van der Waals surface area contributed by atoms with Crippen molar-refractivity contribution in [2.24, 2.45) is 5.41 Å². The van der Waals surface area contributed by atoms with Gasteiger partial charge in [0.05, 0.1) is 18.8 Å². The first-order valence-electron chi connectivity index (χ1n) is 7.21. The number of ether oxygens (including phenoxy) is 1. The monoisotopic (exact) mass is 292 g/mol. The van der Waals surface area contributed by atoms with E-state index < -0.39 is 6.09 Å². The highest BCUT2D eigenvalue weighted by atomic mass is 16.5. The molecule has 1 unspecified atom stereocenters. The van der Waals surface area contributed by atoms with E-state index in [0.717, 1.165) is 24.0 Å². The van der Waals surface area contributed by atoms with Crippen molar-refractivity contribution < 1.29 is 14.6 Å². The zero-order valence-electron chi connectivity index (χ0n) is 13.1. The lowest BCUT2D eigenvalue weighted by molar-refractivity contribution is 0.0836. The normalized spacial score (nSPS) is 18.9. The van der Waals surface area contributed by atoms with Crippen LogP contribution in [0.5, 0.6) is 5.75 Å². The maximum absolute atomic E-state index is 11.7. The van der Waals surface area contributed by atoms with Crippen molar-refractivity contribution in [3.05, 3.63) is 23.3 Å². The van der Waals surface area contributed by atoms with E-state index in [9.17, 15) is 9.90 Å². The maximum atomic E-state index is 11.7. The molecule has 5 heteroatoms. The Kier molecular flexibility index (Phi) is 4.03. The van der Waals surface area contributed by atoms with Crippen LogP contribution in [-0.2, 0) is 6.42 Å². The highest BCUT2D eigenvalue weighted by Gasteiger charge is 2.37. The SMILES string of the molecule is COc1cc2c(cc1N)CCCN(C(=O)O)C2C(C)(C)C. The molecule has 1 aromatic carbocycles. The van der Waals surface area contributed by atoms with E-state index in [-0.39, 0.29) is 11.5 Å². The summed E-state index contributed by atoms with van der Waals surface area (Å²) in [5.74, 6) is 0.607. The molecular formula is C16H24N2O3. The maximum Gasteiger partial charge on any atom is 0.407 e. The van der Waals surface area contributed by atoms with Crippen LogP contribution >= 0.6 is 0 Å². The molecule has 5 nitrogen and oxygen atoms in total. The van der Waals surface area contributed by atoms with Crippen LogP contribution in [0.3, 0.4) is 0 Å². The Bertz CT molecular complexity index is 549. The van der Waals surface area contributed by atoms with E-state index in [1.165, 1.54) is 0 Å². The third kappa shape index (κ3) is 2.91. The fourth-order valence-corrected chi connectivity index (χ4v) is 3.18. The third-order valence-electron chi connectivity index (χ3n) is 4.01. The molecule has 0 radical (unpaired) electrons. The molecule has 0 bridgehead atoms. The van der Waals surface area contributed by atoms with Crippen molar-refractivity contribution in [1.29, 1.82) is 0 Å². The number of carbonyl (C=O) groups is 1. The number of aryl methyl sites for hydroxylation is 1. The Balaban J connectivity index is 2.64. The summed E-state index contributed by atoms with van der Waals surface area (Å²) in [6.07, 6.45) is 0.760. The molecule has 0 saturated carbocycles. The number of nitrogens with two attached hydrogens (primary N) is 1. The molecule has 1 aliphatic heterocycles. The van der Waals surface area contributed by atoms with E-state index >= 15 is 0 Å². The van der Waals surface area contributed by atoms with Gasteiger partial charge in [-0.15, -0.1) is 0 Å². The molecule has 1 amide bonds. The van der Waals surface area contributed by atoms with Crippen molar-refractivity contribution in [2.45, 2.75) is 39.7 Å². The Morgan fingerprint density at radius 3 is 2.62 bits per heavy atom. The average molecular weight is 292 g/mol. The molecule has 0 spiro atoms. The molecular weight excluding hydrogens is 268 g/mol. The summed E-state index contributed by atoms with van der Waals surface area (Å²) in [7, 11) is 1.58. The van der Waals surface area contributed by atoms with Crippen molar-refractivity contribution in [3.8, 4) is 5.75 Å². The number of amides is 1. The van der Waals surface area contributed by atoms with Crippen LogP contribution in [0.2, 0.25) is 0 Å². The van der Waals surface area contributed by atoms with E-state index in [0.29, 0.717) is 18.0 Å². The Morgan fingerprint density at radius 1 is 1.43 bits per heavy atom. The molecule has 116 valence electrons. The largest absolute Gasteiger partial charge is 0.495 e. The fourth-order valence-electron chi connectivity index (χ4n) is 3.18. The smallest absolute Gasteiger partial charge is 0.407 e. The number of rotatable bonds is 1. The Morgan fingerprint density at radius 2 is 2.10 bits per heavy atom. The number of anilines is 1. The molecule has 0 fully saturated rings. The lowest BCUT2D eigenvalue weighted by Gasteiger charge is -2.38. The molecule has 1 aromatic rings. The number of fused-ring (bicyclic) bond motifs is 1. The lowest BCUT2D eigenvalue weighted by atomic mass is 9.79. The number of benzene rings is 1. The second-order valence-electron chi connectivity index (χ2n) is 6.64. The van der Waals surface area contributed by atoms with Gasteiger partial charge in [0, 0.05) is 6.54 Å². The fraction of sp³-hybridized carbons (Fsp3) is 0.562. The number of hydrogen-bond donors (Lipinski definition) is 2. The van der Waals surface area contributed by atoms with Crippen LogP contribution in [0.4, 0.5) is 10.5 Å². The highest BCUT2D eigenvalue weighted by molar-refractivity contribution is 5.67. The van der Waals surface area contributed by atoms with Gasteiger partial charge in [0.25, 0.3) is 0 Å². The number of carboxylic acid groups (broad SMARTS) is 1. The molecule has 3 N–H and O–H groups in total. The number of nitrogens with zero attached hydrogens (tertiary/aromatic N) is 1. The van der Waals surface area contributed by atoms with Gasteiger partial charge in [0.15, 0.2) is 0 Å².